The summed E-state index contributed by atoms with van der Waals surface area (Å²) in [5.41, 5.74) is 17.9. The fourth-order valence-corrected chi connectivity index (χ4v) is 9.91. The molecule has 76 heavy (non-hydrogen) atoms. The normalized spacial score (nSPS) is 10.8. The predicted octanol–water partition coefficient (Wildman–Crippen LogP) is 23.7. The van der Waals surface area contributed by atoms with Gasteiger partial charge in [0.2, 0.25) is 0 Å². The van der Waals surface area contributed by atoms with Gasteiger partial charge in [0.05, 0.1) is 0 Å². The standard InChI is InChI=1S/4C16H21.2C2H6Si.4ClH.2Zr/c2*1-10(2)13-8-14-6-12(5)7-16(14)15(9-13)11(3)4;2*1-10(2)14-7-6-13-8-12(5)9-15(13)16(14)11(3)4;2*1-3-2;;;;;;/h4*6-11H,1-5H3;2*1-2H3;4*1H;;/q4*-1;;;;;;;2*+2. The van der Waals surface area contributed by atoms with Gasteiger partial charge in [-0.05, 0) is 47.3 Å². The zero-order chi connectivity index (χ0) is 54.6. The first-order valence-corrected chi connectivity index (χ1v) is 39.7. The van der Waals surface area contributed by atoms with Crippen molar-refractivity contribution >= 4 is 104 Å². The van der Waals surface area contributed by atoms with E-state index < -0.39 is 0 Å². The molecule has 0 nitrogen and oxygen atoms in total. The molecule has 0 aromatic heterocycles. The van der Waals surface area contributed by atoms with Crippen LogP contribution in [0.15, 0.2) is 97.1 Å². The maximum atomic E-state index is 2.39. The minimum absolute atomic E-state index is 0. The Morgan fingerprint density at radius 2 is 0.539 bits per heavy atom. The largest absolute Gasteiger partial charge is 0.165 e. The topological polar surface area (TPSA) is 0 Å². The van der Waals surface area contributed by atoms with E-state index in [0.717, 1.165) is 0 Å². The van der Waals surface area contributed by atoms with Crippen LogP contribution in [0, 0.1) is 27.7 Å². The van der Waals surface area contributed by atoms with E-state index >= 15 is 0 Å². The number of rotatable bonds is 8. The van der Waals surface area contributed by atoms with Gasteiger partial charge >= 0.3 is 83.7 Å². The molecule has 0 aliphatic heterocycles. The molecule has 0 atom stereocenters. The summed E-state index contributed by atoms with van der Waals surface area (Å²) >= 11 is 3.48. The average molecular weight is 1300 g/mol. The first-order chi connectivity index (χ1) is 33.4. The summed E-state index contributed by atoms with van der Waals surface area (Å²) in [5.74, 6) is 4.83. The van der Waals surface area contributed by atoms with E-state index in [9.17, 15) is 0 Å². The molecule has 8 aromatic carbocycles. The predicted molar refractivity (Wildman–Crippen MR) is 354 cm³/mol. The maximum Gasteiger partial charge on any atom is -0.0232 e. The van der Waals surface area contributed by atoms with Crippen LogP contribution in [-0.2, 0) is 46.7 Å². The summed E-state index contributed by atoms with van der Waals surface area (Å²) < 4.78 is 0. The monoisotopic (exact) mass is 1290 g/mol. The number of halogens is 4. The summed E-state index contributed by atoms with van der Waals surface area (Å²) in [4.78, 5) is 0. The number of benzene rings is 4. The molecular formula is C68H100Cl4Si2Zr2. The summed E-state index contributed by atoms with van der Waals surface area (Å²) in [6.07, 6.45) is 0. The third-order valence-corrected chi connectivity index (χ3v) is 13.2. The Bertz CT molecular complexity index is 2810. The molecule has 8 aromatic rings. The molecule has 0 aliphatic carbocycles. The van der Waals surface area contributed by atoms with Crippen molar-refractivity contribution in [1.82, 2.24) is 0 Å². The van der Waals surface area contributed by atoms with Gasteiger partial charge < -0.3 is 0 Å². The van der Waals surface area contributed by atoms with Gasteiger partial charge in [0.1, 0.15) is 0 Å². The van der Waals surface area contributed by atoms with Gasteiger partial charge in [-0.1, -0.05) is 195 Å². The van der Waals surface area contributed by atoms with Gasteiger partial charge in [0.25, 0.3) is 0 Å². The molecule has 416 valence electrons. The molecule has 0 bridgehead atoms. The molecule has 8 heteroatoms. The molecule has 0 amide bonds. The van der Waals surface area contributed by atoms with Crippen molar-refractivity contribution < 1.29 is 46.7 Å². The van der Waals surface area contributed by atoms with Crippen LogP contribution in [-0.4, -0.2) is 10.9 Å². The minimum atomic E-state index is 0. The van der Waals surface area contributed by atoms with Crippen LogP contribution < -0.4 is 0 Å². The summed E-state index contributed by atoms with van der Waals surface area (Å²) in [6.45, 7) is 54.4. The molecule has 0 saturated heterocycles. The zero-order valence-electron chi connectivity index (χ0n) is 51.5. The van der Waals surface area contributed by atoms with Crippen LogP contribution in [0.4, 0.5) is 0 Å². The molecule has 0 fully saturated rings. The van der Waals surface area contributed by atoms with Crippen molar-refractivity contribution in [3.8, 4) is 0 Å². The van der Waals surface area contributed by atoms with Gasteiger partial charge in [-0.25, -0.2) is 0 Å². The molecular weight excluding hydrogens is 1200 g/mol. The van der Waals surface area contributed by atoms with Crippen LogP contribution >= 0.6 is 49.6 Å². The van der Waals surface area contributed by atoms with Crippen molar-refractivity contribution in [2.75, 3.05) is 0 Å². The fraction of sp³-hybridized carbons (Fsp3) is 0.471. The van der Waals surface area contributed by atoms with Crippen LogP contribution in [0.1, 0.15) is 225 Å². The van der Waals surface area contributed by atoms with Gasteiger partial charge in [0.15, 0.2) is 0 Å². The maximum absolute atomic E-state index is 2.39. The molecule has 0 heterocycles. The average Bonchev–Trinajstić information content (AvgIpc) is 4.04. The van der Waals surface area contributed by atoms with Gasteiger partial charge in [-0.3, -0.25) is 0 Å². The second kappa shape index (κ2) is 35.5. The van der Waals surface area contributed by atoms with Gasteiger partial charge in [-0.2, -0.15) is 24.3 Å². The molecule has 0 aliphatic rings. The van der Waals surface area contributed by atoms with E-state index in [1.165, 1.54) is 98.7 Å². The molecule has 8 rings (SSSR count). The van der Waals surface area contributed by atoms with Crippen molar-refractivity contribution in [1.29, 1.82) is 0 Å². The number of hydrogen-bond acceptors (Lipinski definition) is 0. The van der Waals surface area contributed by atoms with Crippen molar-refractivity contribution in [2.45, 2.75) is 212 Å². The van der Waals surface area contributed by atoms with E-state index in [2.05, 4.69) is 262 Å². The van der Waals surface area contributed by atoms with Crippen molar-refractivity contribution in [3.63, 3.8) is 0 Å². The van der Waals surface area contributed by atoms with E-state index in [-0.39, 0.29) is 60.5 Å². The van der Waals surface area contributed by atoms with Gasteiger partial charge in [0, 0.05) is 0 Å². The van der Waals surface area contributed by atoms with E-state index in [1.807, 2.05) is 0 Å². The van der Waals surface area contributed by atoms with Crippen LogP contribution in [0.2, 0.25) is 26.2 Å². The van der Waals surface area contributed by atoms with Crippen molar-refractivity contribution in [2.24, 2.45) is 0 Å². The Hall–Kier alpha value is -1.32. The molecule has 0 radical (unpaired) electrons. The van der Waals surface area contributed by atoms with Crippen LogP contribution in [0.25, 0.3) is 43.1 Å². The molecule has 0 spiro atoms. The molecule has 0 unspecified atom stereocenters. The number of hydrogen-bond donors (Lipinski definition) is 0. The van der Waals surface area contributed by atoms with E-state index in [4.69, 9.17) is 0 Å². The SMILES string of the molecule is C[Si](C)=[Zr+2].C[Si](C)=[Zr+2].Cc1cc2c(C(C)C)c(C(C)C)ccc2[cH-]1.Cc1cc2c(C(C)C)c(C(C)C)ccc2[cH-]1.Cc1cc2c(C(C)C)cc(C(C)C)cc2[cH-]1.Cc1cc2c(C(C)C)cc(C(C)C)cc2[cH-]1.Cl.Cl.Cl.Cl. The zero-order valence-corrected chi connectivity index (χ0v) is 61.7. The molecule has 0 saturated carbocycles. The second-order valence-corrected chi connectivity index (χ2v) is 42.5. The Kier molecular flexibility index (Phi) is 35.9. The Balaban J connectivity index is 0. The summed E-state index contributed by atoms with van der Waals surface area (Å²) in [5, 5.41) is 11.4. The smallest absolute Gasteiger partial charge is 0.0232 e. The fourth-order valence-electron chi connectivity index (χ4n) is 9.91. The van der Waals surface area contributed by atoms with Crippen LogP contribution in [0.3, 0.4) is 0 Å². The van der Waals surface area contributed by atoms with E-state index in [1.54, 1.807) is 57.8 Å². The third kappa shape index (κ3) is 22.6. The molecule has 0 N–H and O–H groups in total. The quantitative estimate of drug-likeness (QED) is 0.105. The second-order valence-electron chi connectivity index (χ2n) is 23.7. The first-order valence-electron chi connectivity index (χ1n) is 27.3. The number of aryl methyl sites for hydroxylation is 4. The Morgan fingerprint density at radius 3 is 0.763 bits per heavy atom. The Morgan fingerprint density at radius 1 is 0.303 bits per heavy atom. The van der Waals surface area contributed by atoms with Crippen LogP contribution in [0.5, 0.6) is 0 Å². The number of fused-ring (bicyclic) bond motifs is 4. The van der Waals surface area contributed by atoms with Crippen molar-refractivity contribution in [3.05, 3.63) is 164 Å². The minimum Gasteiger partial charge on any atom is -0.165 e. The third-order valence-electron chi connectivity index (χ3n) is 13.2. The van der Waals surface area contributed by atoms with Gasteiger partial charge in [-0.15, -0.1) is 176 Å². The van der Waals surface area contributed by atoms with E-state index in [0.29, 0.717) is 47.3 Å². The first kappa shape index (κ1) is 76.7. The summed E-state index contributed by atoms with van der Waals surface area (Å²) in [7, 11) is 0. The summed E-state index contributed by atoms with van der Waals surface area (Å²) in [6, 6.07) is 37.1. The Labute approximate surface area is 520 Å².